The van der Waals surface area contributed by atoms with Crippen molar-refractivity contribution in [3.63, 3.8) is 0 Å². The van der Waals surface area contributed by atoms with Gasteiger partial charge in [-0.2, -0.15) is 0 Å². The van der Waals surface area contributed by atoms with Crippen LogP contribution < -0.4 is 5.73 Å². The summed E-state index contributed by atoms with van der Waals surface area (Å²) in [5, 5.41) is 10.8. The van der Waals surface area contributed by atoms with Crippen LogP contribution in [0.3, 0.4) is 0 Å². The molecule has 26 heavy (non-hydrogen) atoms. The van der Waals surface area contributed by atoms with E-state index in [9.17, 15) is 14.9 Å². The molecule has 0 bridgehead atoms. The summed E-state index contributed by atoms with van der Waals surface area (Å²) in [6.07, 6.45) is 1.87. The Bertz CT molecular complexity index is 708. The number of rotatable bonds is 5. The molecular formula is C17H23ClN4O4. The molecule has 8 nitrogen and oxygen atoms in total. The highest BCUT2D eigenvalue weighted by Gasteiger charge is 2.11. The maximum atomic E-state index is 11.2. The minimum Gasteiger partial charge on any atom is -0.469 e. The first-order valence-corrected chi connectivity index (χ1v) is 8.25. The van der Waals surface area contributed by atoms with Crippen LogP contribution in [0, 0.1) is 10.1 Å². The molecular weight excluding hydrogens is 360 g/mol. The number of carbonyl (C=O) groups is 1. The number of esters is 1. The third kappa shape index (κ3) is 7.54. The molecule has 9 heteroatoms. The van der Waals surface area contributed by atoms with Crippen molar-refractivity contribution in [2.24, 2.45) is 5.73 Å². The fourth-order valence-electron chi connectivity index (χ4n) is 1.77. The fourth-order valence-corrected chi connectivity index (χ4v) is 1.98. The van der Waals surface area contributed by atoms with E-state index in [2.05, 4.69) is 20.4 Å². The smallest absolute Gasteiger partial charge is 0.310 e. The van der Waals surface area contributed by atoms with Gasteiger partial charge in [-0.25, -0.2) is 9.97 Å². The Balaban J connectivity index is 0.00000146. The number of nitrogens with zero attached hydrogens (tertiary/aromatic N) is 3. The number of nitro groups is 1. The first-order valence-electron chi connectivity index (χ1n) is 7.87. The molecule has 0 saturated heterocycles. The molecule has 142 valence electrons. The third-order valence-electron chi connectivity index (χ3n) is 2.93. The second-order valence-electron chi connectivity index (χ2n) is 4.46. The number of halogens is 1. The van der Waals surface area contributed by atoms with E-state index >= 15 is 0 Å². The van der Waals surface area contributed by atoms with Gasteiger partial charge in [0.1, 0.15) is 11.0 Å². The van der Waals surface area contributed by atoms with Gasteiger partial charge in [0, 0.05) is 30.3 Å². The number of carbonyl (C=O) groups excluding carboxylic acids is 1. The number of aromatic nitrogens is 2. The van der Waals surface area contributed by atoms with Gasteiger partial charge in [0.15, 0.2) is 0 Å². The van der Waals surface area contributed by atoms with Gasteiger partial charge in [0.2, 0.25) is 0 Å². The van der Waals surface area contributed by atoms with Crippen molar-refractivity contribution in [1.82, 2.24) is 9.97 Å². The molecule has 0 saturated carbocycles. The molecule has 0 radical (unpaired) electrons. The summed E-state index contributed by atoms with van der Waals surface area (Å²) in [6.45, 7) is 4.00. The highest BCUT2D eigenvalue weighted by atomic mass is 35.5. The molecule has 0 aliphatic rings. The lowest BCUT2D eigenvalue weighted by Crippen LogP contribution is -2.07. The molecule has 0 fully saturated rings. The SMILES string of the molecule is CC.CN.COC(=O)Cc1cnc(Cc2ccc([N+](=O)[O-])cc2)nc1Cl. The largest absolute Gasteiger partial charge is 0.469 e. The van der Waals surface area contributed by atoms with Crippen LogP contribution in [0.25, 0.3) is 0 Å². The van der Waals surface area contributed by atoms with Gasteiger partial charge >= 0.3 is 5.97 Å². The Hall–Kier alpha value is -2.58. The van der Waals surface area contributed by atoms with E-state index in [0.717, 1.165) is 5.56 Å². The standard InChI is InChI=1S/C14H12ClN3O4.C2H6.CH5N/c1-22-13(19)7-10-8-16-12(17-14(10)15)6-9-2-4-11(5-3-9)18(20)21;2*1-2/h2-5,8H,6-7H2,1H3;1-2H3;2H2,1H3. The molecule has 2 rings (SSSR count). The molecule has 0 atom stereocenters. The zero-order valence-corrected chi connectivity index (χ0v) is 16.0. The molecule has 1 aromatic heterocycles. The highest BCUT2D eigenvalue weighted by Crippen LogP contribution is 2.17. The lowest BCUT2D eigenvalue weighted by Gasteiger charge is -2.05. The highest BCUT2D eigenvalue weighted by molar-refractivity contribution is 6.30. The molecule has 1 aromatic carbocycles. The van der Waals surface area contributed by atoms with Crippen molar-refractivity contribution in [2.45, 2.75) is 26.7 Å². The minimum atomic E-state index is -0.460. The van der Waals surface area contributed by atoms with E-state index < -0.39 is 10.9 Å². The van der Waals surface area contributed by atoms with Gasteiger partial charge in [-0.15, -0.1) is 0 Å². The number of non-ortho nitro benzene ring substituents is 1. The zero-order valence-electron chi connectivity index (χ0n) is 15.2. The summed E-state index contributed by atoms with van der Waals surface area (Å²) in [4.78, 5) is 29.6. The fraction of sp³-hybridized carbons (Fsp3) is 0.353. The molecule has 1 heterocycles. The van der Waals surface area contributed by atoms with Gasteiger partial charge in [0.25, 0.3) is 5.69 Å². The van der Waals surface area contributed by atoms with Crippen molar-refractivity contribution in [2.75, 3.05) is 14.2 Å². The maximum Gasteiger partial charge on any atom is 0.310 e. The van der Waals surface area contributed by atoms with Crippen molar-refractivity contribution in [3.8, 4) is 0 Å². The number of nitro benzene ring substituents is 1. The summed E-state index contributed by atoms with van der Waals surface area (Å²) < 4.78 is 4.56. The van der Waals surface area contributed by atoms with Crippen molar-refractivity contribution in [3.05, 3.63) is 62.7 Å². The van der Waals surface area contributed by atoms with Crippen LogP contribution in [0.5, 0.6) is 0 Å². The van der Waals surface area contributed by atoms with E-state index in [1.807, 2.05) is 13.8 Å². The molecule has 2 N–H and O–H groups in total. The normalized spacial score (nSPS) is 9.15. The quantitative estimate of drug-likeness (QED) is 0.365. The Kier molecular flexibility index (Phi) is 11.5. The number of benzene rings is 1. The second-order valence-corrected chi connectivity index (χ2v) is 4.81. The van der Waals surface area contributed by atoms with Gasteiger partial charge in [-0.05, 0) is 12.6 Å². The van der Waals surface area contributed by atoms with Crippen molar-refractivity contribution in [1.29, 1.82) is 0 Å². The summed E-state index contributed by atoms with van der Waals surface area (Å²) >= 11 is 6.02. The average molecular weight is 383 g/mol. The van der Waals surface area contributed by atoms with E-state index in [4.69, 9.17) is 11.6 Å². The van der Waals surface area contributed by atoms with Crippen LogP contribution in [0.2, 0.25) is 5.15 Å². The lowest BCUT2D eigenvalue weighted by molar-refractivity contribution is -0.384. The monoisotopic (exact) mass is 382 g/mol. The van der Waals surface area contributed by atoms with Crippen molar-refractivity contribution >= 4 is 23.3 Å². The average Bonchev–Trinajstić information content (AvgIpc) is 2.67. The molecule has 2 aromatic rings. The number of ether oxygens (including phenoxy) is 1. The van der Waals surface area contributed by atoms with Gasteiger partial charge in [0.05, 0.1) is 18.5 Å². The predicted octanol–water partition coefficient (Wildman–Crippen LogP) is 2.95. The first-order chi connectivity index (χ1) is 12.5. The van der Waals surface area contributed by atoms with Crippen LogP contribution in [-0.4, -0.2) is 35.0 Å². The number of hydrogen-bond donors (Lipinski definition) is 1. The Labute approximate surface area is 157 Å². The zero-order chi connectivity index (χ0) is 20.1. The van der Waals surface area contributed by atoms with Crippen LogP contribution >= 0.6 is 11.6 Å². The Morgan fingerprint density at radius 3 is 2.31 bits per heavy atom. The van der Waals surface area contributed by atoms with E-state index in [-0.39, 0.29) is 17.3 Å². The van der Waals surface area contributed by atoms with Crippen LogP contribution in [0.15, 0.2) is 30.5 Å². The van der Waals surface area contributed by atoms with Crippen molar-refractivity contribution < 1.29 is 14.5 Å². The van der Waals surface area contributed by atoms with Gasteiger partial charge in [-0.3, -0.25) is 14.9 Å². The second kappa shape index (κ2) is 12.7. The first kappa shape index (κ1) is 23.4. The van der Waals surface area contributed by atoms with Gasteiger partial charge in [-0.1, -0.05) is 37.6 Å². The van der Waals surface area contributed by atoms with Crippen LogP contribution in [0.1, 0.15) is 30.8 Å². The maximum absolute atomic E-state index is 11.2. The molecule has 0 aliphatic carbocycles. The Morgan fingerprint density at radius 2 is 1.85 bits per heavy atom. The number of hydrogen-bond acceptors (Lipinski definition) is 7. The van der Waals surface area contributed by atoms with Crippen LogP contribution in [-0.2, 0) is 22.4 Å². The summed E-state index contributed by atoms with van der Waals surface area (Å²) in [6, 6.07) is 6.11. The molecule has 0 aliphatic heterocycles. The molecule has 0 spiro atoms. The Morgan fingerprint density at radius 1 is 1.27 bits per heavy atom. The topological polar surface area (TPSA) is 121 Å². The summed E-state index contributed by atoms with van der Waals surface area (Å²) in [5.41, 5.74) is 5.83. The van der Waals surface area contributed by atoms with E-state index in [1.54, 1.807) is 12.1 Å². The van der Waals surface area contributed by atoms with Gasteiger partial charge < -0.3 is 10.5 Å². The minimum absolute atomic E-state index is 0.00709. The predicted molar refractivity (Wildman–Crippen MR) is 100 cm³/mol. The molecule has 0 amide bonds. The third-order valence-corrected chi connectivity index (χ3v) is 3.26. The lowest BCUT2D eigenvalue weighted by atomic mass is 10.1. The summed E-state index contributed by atoms with van der Waals surface area (Å²) in [5.74, 6) is 0.0427. The number of nitrogens with two attached hydrogens (primary N) is 1. The number of methoxy groups -OCH3 is 1. The molecule has 0 unspecified atom stereocenters. The van der Waals surface area contributed by atoms with Crippen LogP contribution in [0.4, 0.5) is 5.69 Å². The van der Waals surface area contributed by atoms with E-state index in [0.29, 0.717) is 17.8 Å². The summed E-state index contributed by atoms with van der Waals surface area (Å²) in [7, 11) is 2.79. The van der Waals surface area contributed by atoms with E-state index in [1.165, 1.54) is 32.5 Å².